The summed E-state index contributed by atoms with van der Waals surface area (Å²) >= 11 is 5.24. The first kappa shape index (κ1) is 11.4. The molecule has 2 rings (SSSR count). The van der Waals surface area contributed by atoms with E-state index in [1.165, 1.54) is 5.56 Å². The second kappa shape index (κ2) is 5.27. The Morgan fingerprint density at radius 3 is 2.81 bits per heavy atom. The Labute approximate surface area is 101 Å². The van der Waals surface area contributed by atoms with Gasteiger partial charge in [-0.2, -0.15) is 0 Å². The van der Waals surface area contributed by atoms with Crippen LogP contribution in [0, 0.1) is 0 Å². The normalized spacial score (nSPS) is 19.8. The van der Waals surface area contributed by atoms with Crippen LogP contribution in [0.15, 0.2) is 30.3 Å². The molecule has 2 N–H and O–H groups in total. The molecule has 1 fully saturated rings. The van der Waals surface area contributed by atoms with Crippen molar-refractivity contribution in [3.05, 3.63) is 35.9 Å². The second-order valence-corrected chi connectivity index (χ2v) is 4.35. The molecule has 0 aliphatic carbocycles. The number of aliphatic hydroxyl groups excluding tert-OH is 1. The third-order valence-corrected chi connectivity index (χ3v) is 3.15. The molecule has 3 nitrogen and oxygen atoms in total. The summed E-state index contributed by atoms with van der Waals surface area (Å²) in [5.74, 6) is 0. The Kier molecular flexibility index (Phi) is 3.74. The number of thiocarbonyl (C=S) groups is 1. The fourth-order valence-corrected chi connectivity index (χ4v) is 2.15. The van der Waals surface area contributed by atoms with Gasteiger partial charge in [-0.05, 0) is 30.6 Å². The van der Waals surface area contributed by atoms with E-state index in [2.05, 4.69) is 17.4 Å². The van der Waals surface area contributed by atoms with Crippen molar-refractivity contribution in [2.75, 3.05) is 6.54 Å². The monoisotopic (exact) mass is 236 g/mol. The molecule has 1 heterocycles. The molecule has 1 aliphatic heterocycles. The van der Waals surface area contributed by atoms with Crippen LogP contribution in [0.2, 0.25) is 0 Å². The van der Waals surface area contributed by atoms with Gasteiger partial charge in [-0.15, -0.1) is 0 Å². The molecule has 1 unspecified atom stereocenters. The van der Waals surface area contributed by atoms with Crippen molar-refractivity contribution >= 4 is 17.3 Å². The van der Waals surface area contributed by atoms with Crippen LogP contribution in [0.25, 0.3) is 0 Å². The summed E-state index contributed by atoms with van der Waals surface area (Å²) in [4.78, 5) is 1.85. The van der Waals surface area contributed by atoms with E-state index in [4.69, 9.17) is 12.2 Å². The van der Waals surface area contributed by atoms with Gasteiger partial charge in [-0.25, -0.2) is 0 Å². The molecule has 0 radical (unpaired) electrons. The minimum Gasteiger partial charge on any atom is -0.374 e. The second-order valence-electron chi connectivity index (χ2n) is 3.96. The van der Waals surface area contributed by atoms with Gasteiger partial charge < -0.3 is 15.3 Å². The molecule has 0 bridgehead atoms. The minimum absolute atomic E-state index is 0.407. The quantitative estimate of drug-likeness (QED) is 0.762. The van der Waals surface area contributed by atoms with Crippen LogP contribution in [-0.2, 0) is 6.54 Å². The standard InChI is InChI=1S/C12H16N2OS/c15-11-7-4-8-14(11)12(16)13-9-10-5-2-1-3-6-10/h1-3,5-6,11,15H,4,7-9H2,(H,13,16). The average molecular weight is 236 g/mol. The van der Waals surface area contributed by atoms with Crippen molar-refractivity contribution < 1.29 is 5.11 Å². The highest BCUT2D eigenvalue weighted by atomic mass is 32.1. The summed E-state index contributed by atoms with van der Waals surface area (Å²) in [5, 5.41) is 13.5. The van der Waals surface area contributed by atoms with Crippen LogP contribution in [-0.4, -0.2) is 27.9 Å². The van der Waals surface area contributed by atoms with Crippen molar-refractivity contribution in [1.82, 2.24) is 10.2 Å². The Balaban J connectivity index is 1.84. The maximum atomic E-state index is 9.65. The summed E-state index contributed by atoms with van der Waals surface area (Å²) in [6, 6.07) is 10.1. The molecule has 16 heavy (non-hydrogen) atoms. The molecule has 86 valence electrons. The molecule has 1 aliphatic rings. The van der Waals surface area contributed by atoms with Crippen molar-refractivity contribution in [2.24, 2.45) is 0 Å². The fourth-order valence-electron chi connectivity index (χ4n) is 1.86. The van der Waals surface area contributed by atoms with Gasteiger partial charge >= 0.3 is 0 Å². The molecular formula is C12H16N2OS. The van der Waals surface area contributed by atoms with Crippen molar-refractivity contribution in [1.29, 1.82) is 0 Å². The van der Waals surface area contributed by atoms with Crippen LogP contribution >= 0.6 is 12.2 Å². The molecule has 1 saturated heterocycles. The predicted molar refractivity (Wildman–Crippen MR) is 67.8 cm³/mol. The maximum absolute atomic E-state index is 9.65. The Bertz CT molecular complexity index is 355. The van der Waals surface area contributed by atoms with Crippen molar-refractivity contribution in [3.8, 4) is 0 Å². The lowest BCUT2D eigenvalue weighted by Gasteiger charge is -2.23. The highest BCUT2D eigenvalue weighted by molar-refractivity contribution is 7.80. The molecule has 0 amide bonds. The summed E-state index contributed by atoms with van der Waals surface area (Å²) in [5.41, 5.74) is 1.19. The lowest BCUT2D eigenvalue weighted by Crippen LogP contribution is -2.42. The Hall–Kier alpha value is -1.13. The van der Waals surface area contributed by atoms with Crippen LogP contribution in [0.5, 0.6) is 0 Å². The lowest BCUT2D eigenvalue weighted by atomic mass is 10.2. The van der Waals surface area contributed by atoms with Gasteiger partial charge in [0.1, 0.15) is 6.23 Å². The highest BCUT2D eigenvalue weighted by Crippen LogP contribution is 2.14. The first-order chi connectivity index (χ1) is 7.77. The lowest BCUT2D eigenvalue weighted by molar-refractivity contribution is 0.0857. The van der Waals surface area contributed by atoms with Gasteiger partial charge in [0.15, 0.2) is 5.11 Å². The average Bonchev–Trinajstić information content (AvgIpc) is 2.74. The number of hydrogen-bond donors (Lipinski definition) is 2. The van der Waals surface area contributed by atoms with E-state index in [9.17, 15) is 5.11 Å². The van der Waals surface area contributed by atoms with Gasteiger partial charge in [0.2, 0.25) is 0 Å². The number of nitrogens with zero attached hydrogens (tertiary/aromatic N) is 1. The SMILES string of the molecule is OC1CCCN1C(=S)NCc1ccccc1. The summed E-state index contributed by atoms with van der Waals surface area (Å²) in [7, 11) is 0. The van der Waals surface area contributed by atoms with E-state index >= 15 is 0 Å². The number of likely N-dealkylation sites (tertiary alicyclic amines) is 1. The Morgan fingerprint density at radius 1 is 1.44 bits per heavy atom. The van der Waals surface area contributed by atoms with Crippen molar-refractivity contribution in [3.63, 3.8) is 0 Å². The number of hydrogen-bond acceptors (Lipinski definition) is 2. The first-order valence-electron chi connectivity index (χ1n) is 5.54. The van der Waals surface area contributed by atoms with Crippen LogP contribution < -0.4 is 5.32 Å². The zero-order chi connectivity index (χ0) is 11.4. The van der Waals surface area contributed by atoms with Crippen LogP contribution in [0.1, 0.15) is 18.4 Å². The van der Waals surface area contributed by atoms with Crippen LogP contribution in [0.4, 0.5) is 0 Å². The zero-order valence-electron chi connectivity index (χ0n) is 9.10. The van der Waals surface area contributed by atoms with E-state index < -0.39 is 6.23 Å². The highest BCUT2D eigenvalue weighted by Gasteiger charge is 2.23. The van der Waals surface area contributed by atoms with Gasteiger partial charge in [-0.1, -0.05) is 30.3 Å². The van der Waals surface area contributed by atoms with Gasteiger partial charge in [-0.3, -0.25) is 0 Å². The fraction of sp³-hybridized carbons (Fsp3) is 0.417. The van der Waals surface area contributed by atoms with Crippen molar-refractivity contribution in [2.45, 2.75) is 25.6 Å². The predicted octanol–water partition coefficient (Wildman–Crippen LogP) is 1.48. The summed E-state index contributed by atoms with van der Waals surface area (Å²) in [6.45, 7) is 1.56. The molecule has 0 spiro atoms. The molecule has 1 atom stereocenters. The van der Waals surface area contributed by atoms with E-state index in [1.54, 1.807) is 0 Å². The van der Waals surface area contributed by atoms with Gasteiger partial charge in [0, 0.05) is 13.1 Å². The molecule has 0 aromatic heterocycles. The van der Waals surface area contributed by atoms with E-state index in [0.717, 1.165) is 19.4 Å². The Morgan fingerprint density at radius 2 is 2.19 bits per heavy atom. The van der Waals surface area contributed by atoms with E-state index in [1.807, 2.05) is 23.1 Å². The molecule has 1 aromatic carbocycles. The minimum atomic E-state index is -0.407. The molecule has 0 saturated carbocycles. The number of aliphatic hydroxyl groups is 1. The zero-order valence-corrected chi connectivity index (χ0v) is 9.91. The largest absolute Gasteiger partial charge is 0.374 e. The summed E-state index contributed by atoms with van der Waals surface area (Å²) in [6.07, 6.45) is 1.41. The third-order valence-electron chi connectivity index (χ3n) is 2.77. The van der Waals surface area contributed by atoms with Crippen LogP contribution in [0.3, 0.4) is 0 Å². The number of nitrogens with one attached hydrogen (secondary N) is 1. The molecular weight excluding hydrogens is 220 g/mol. The van der Waals surface area contributed by atoms with E-state index in [-0.39, 0.29) is 0 Å². The first-order valence-corrected chi connectivity index (χ1v) is 5.94. The number of benzene rings is 1. The number of rotatable bonds is 2. The topological polar surface area (TPSA) is 35.5 Å². The molecule has 1 aromatic rings. The third kappa shape index (κ3) is 2.71. The van der Waals surface area contributed by atoms with E-state index in [0.29, 0.717) is 11.7 Å². The molecule has 4 heteroatoms. The smallest absolute Gasteiger partial charge is 0.171 e. The summed E-state index contributed by atoms with van der Waals surface area (Å²) < 4.78 is 0. The van der Waals surface area contributed by atoms with Gasteiger partial charge in [0.25, 0.3) is 0 Å². The van der Waals surface area contributed by atoms with Gasteiger partial charge in [0.05, 0.1) is 0 Å². The maximum Gasteiger partial charge on any atom is 0.171 e.